The Morgan fingerprint density at radius 1 is 1.47 bits per heavy atom. The Morgan fingerprint density at radius 3 is 3.05 bits per heavy atom. The van der Waals surface area contributed by atoms with Crippen molar-refractivity contribution in [2.24, 2.45) is 0 Å². The number of carbonyl (C=O) groups is 1. The molecular weight excluding hydrogens is 240 g/mol. The van der Waals surface area contributed by atoms with E-state index in [4.69, 9.17) is 0 Å². The van der Waals surface area contributed by atoms with Crippen molar-refractivity contribution in [3.05, 3.63) is 30.1 Å². The van der Waals surface area contributed by atoms with E-state index in [-0.39, 0.29) is 18.0 Å². The van der Waals surface area contributed by atoms with E-state index >= 15 is 0 Å². The minimum absolute atomic E-state index is 0.0492. The maximum absolute atomic E-state index is 12.0. The van der Waals surface area contributed by atoms with Gasteiger partial charge in [0.1, 0.15) is 5.82 Å². The highest BCUT2D eigenvalue weighted by Crippen LogP contribution is 2.16. The number of carbonyl (C=O) groups excluding carboxylic acids is 1. The van der Waals surface area contributed by atoms with Crippen LogP contribution in [0.2, 0.25) is 0 Å². The van der Waals surface area contributed by atoms with E-state index in [2.05, 4.69) is 20.6 Å². The summed E-state index contributed by atoms with van der Waals surface area (Å²) in [6.45, 7) is 2.88. The minimum Gasteiger partial charge on any atom is -0.345 e. The molecule has 0 bridgehead atoms. The number of aromatic amines is 1. The van der Waals surface area contributed by atoms with Gasteiger partial charge in [0.15, 0.2) is 0 Å². The summed E-state index contributed by atoms with van der Waals surface area (Å²) in [5.41, 5.74) is 1.93. The zero-order valence-electron chi connectivity index (χ0n) is 10.9. The Kier molecular flexibility index (Phi) is 3.21. The molecule has 100 valence electrons. The Balaban J connectivity index is 1.72. The van der Waals surface area contributed by atoms with Crippen LogP contribution in [-0.4, -0.2) is 28.5 Å². The first-order chi connectivity index (χ1) is 9.24. The molecule has 0 aliphatic carbocycles. The average molecular weight is 258 g/mol. The van der Waals surface area contributed by atoms with Gasteiger partial charge >= 0.3 is 0 Å². The van der Waals surface area contributed by atoms with Crippen LogP contribution >= 0.6 is 0 Å². The highest BCUT2D eigenvalue weighted by atomic mass is 16.2. The maximum atomic E-state index is 12.0. The third-order valence-corrected chi connectivity index (χ3v) is 3.55. The number of benzene rings is 1. The summed E-state index contributed by atoms with van der Waals surface area (Å²) in [6, 6.07) is 7.71. The second-order valence-electron chi connectivity index (χ2n) is 5.02. The number of nitrogens with one attached hydrogen (secondary N) is 3. The van der Waals surface area contributed by atoms with Crippen LogP contribution in [0.3, 0.4) is 0 Å². The van der Waals surface area contributed by atoms with E-state index in [1.807, 2.05) is 31.2 Å². The van der Waals surface area contributed by atoms with Crippen LogP contribution in [0.1, 0.15) is 31.6 Å². The minimum atomic E-state index is -0.109. The number of para-hydroxylation sites is 2. The van der Waals surface area contributed by atoms with Gasteiger partial charge < -0.3 is 15.6 Å². The summed E-state index contributed by atoms with van der Waals surface area (Å²) in [6.07, 6.45) is 1.98. The molecule has 2 atom stereocenters. The summed E-state index contributed by atoms with van der Waals surface area (Å²) < 4.78 is 0. The van der Waals surface area contributed by atoms with Crippen molar-refractivity contribution in [2.45, 2.75) is 31.8 Å². The van der Waals surface area contributed by atoms with E-state index in [0.717, 1.165) is 36.2 Å². The molecular formula is C14H18N4O. The smallest absolute Gasteiger partial charge is 0.237 e. The molecule has 1 aromatic heterocycles. The van der Waals surface area contributed by atoms with Gasteiger partial charge in [0.2, 0.25) is 5.91 Å². The summed E-state index contributed by atoms with van der Waals surface area (Å²) in [5, 5.41) is 6.20. The molecule has 1 aromatic carbocycles. The number of H-pyrrole nitrogens is 1. The molecule has 1 amide bonds. The lowest BCUT2D eigenvalue weighted by molar-refractivity contribution is -0.123. The fourth-order valence-electron chi connectivity index (χ4n) is 2.47. The molecule has 0 radical (unpaired) electrons. The van der Waals surface area contributed by atoms with E-state index in [1.54, 1.807) is 0 Å². The second kappa shape index (κ2) is 5.01. The first kappa shape index (κ1) is 12.2. The van der Waals surface area contributed by atoms with Crippen molar-refractivity contribution < 1.29 is 4.79 Å². The zero-order valence-corrected chi connectivity index (χ0v) is 10.9. The van der Waals surface area contributed by atoms with Crippen molar-refractivity contribution in [2.75, 3.05) is 6.54 Å². The van der Waals surface area contributed by atoms with E-state index < -0.39 is 0 Å². The summed E-state index contributed by atoms with van der Waals surface area (Å²) in [4.78, 5) is 19.8. The molecule has 2 heterocycles. The highest BCUT2D eigenvalue weighted by molar-refractivity contribution is 5.82. The molecule has 2 aromatic rings. The summed E-state index contributed by atoms with van der Waals surface area (Å²) >= 11 is 0. The molecule has 1 aliphatic heterocycles. The van der Waals surface area contributed by atoms with Crippen LogP contribution in [0.4, 0.5) is 0 Å². The standard InChI is InChI=1S/C14H18N4O/c1-9(16-14(19)12-7-4-8-15-12)13-17-10-5-2-3-6-11(10)18-13/h2-3,5-6,9,12,15H,4,7-8H2,1H3,(H,16,19)(H,17,18)/t9-,12-/m0/s1. The Bertz CT molecular complexity index is 553. The molecule has 1 aliphatic rings. The number of hydrogen-bond acceptors (Lipinski definition) is 3. The molecule has 3 N–H and O–H groups in total. The summed E-state index contributed by atoms with van der Waals surface area (Å²) in [5.74, 6) is 0.859. The molecule has 0 saturated carbocycles. The van der Waals surface area contributed by atoms with Crippen molar-refractivity contribution in [3.8, 4) is 0 Å². The zero-order chi connectivity index (χ0) is 13.2. The Morgan fingerprint density at radius 2 is 2.32 bits per heavy atom. The topological polar surface area (TPSA) is 69.8 Å². The van der Waals surface area contributed by atoms with Gasteiger partial charge in [-0.25, -0.2) is 4.98 Å². The van der Waals surface area contributed by atoms with Crippen LogP contribution in [0.15, 0.2) is 24.3 Å². The number of hydrogen-bond donors (Lipinski definition) is 3. The molecule has 0 unspecified atom stereocenters. The second-order valence-corrected chi connectivity index (χ2v) is 5.02. The van der Waals surface area contributed by atoms with Crippen molar-refractivity contribution in [1.29, 1.82) is 0 Å². The van der Waals surface area contributed by atoms with Gasteiger partial charge in [0.05, 0.1) is 23.1 Å². The van der Waals surface area contributed by atoms with Crippen LogP contribution in [-0.2, 0) is 4.79 Å². The third-order valence-electron chi connectivity index (χ3n) is 3.55. The first-order valence-corrected chi connectivity index (χ1v) is 6.72. The van der Waals surface area contributed by atoms with Crippen molar-refractivity contribution in [3.63, 3.8) is 0 Å². The number of amides is 1. The number of nitrogens with zero attached hydrogens (tertiary/aromatic N) is 1. The number of imidazole rings is 1. The fraction of sp³-hybridized carbons (Fsp3) is 0.429. The Labute approximate surface area is 111 Å². The predicted molar refractivity (Wildman–Crippen MR) is 73.7 cm³/mol. The fourth-order valence-corrected chi connectivity index (χ4v) is 2.47. The monoisotopic (exact) mass is 258 g/mol. The average Bonchev–Trinajstić information content (AvgIpc) is 3.07. The summed E-state index contributed by atoms with van der Waals surface area (Å²) in [7, 11) is 0. The quantitative estimate of drug-likeness (QED) is 0.781. The van der Waals surface area contributed by atoms with Crippen molar-refractivity contribution >= 4 is 16.9 Å². The number of aromatic nitrogens is 2. The number of fused-ring (bicyclic) bond motifs is 1. The van der Waals surface area contributed by atoms with Gasteiger partial charge in [0.25, 0.3) is 0 Å². The van der Waals surface area contributed by atoms with E-state index in [0.29, 0.717) is 0 Å². The number of rotatable bonds is 3. The lowest BCUT2D eigenvalue weighted by Crippen LogP contribution is -2.41. The Hall–Kier alpha value is -1.88. The first-order valence-electron chi connectivity index (χ1n) is 6.72. The van der Waals surface area contributed by atoms with Gasteiger partial charge in [-0.2, -0.15) is 0 Å². The van der Waals surface area contributed by atoms with E-state index in [9.17, 15) is 4.79 Å². The maximum Gasteiger partial charge on any atom is 0.237 e. The van der Waals surface area contributed by atoms with Crippen LogP contribution in [0.5, 0.6) is 0 Å². The van der Waals surface area contributed by atoms with E-state index in [1.165, 1.54) is 0 Å². The molecule has 1 fully saturated rings. The largest absolute Gasteiger partial charge is 0.345 e. The SMILES string of the molecule is C[C@H](NC(=O)[C@@H]1CCCN1)c1nc2ccccc2[nH]1. The van der Waals surface area contributed by atoms with Gasteiger partial charge in [-0.15, -0.1) is 0 Å². The molecule has 1 saturated heterocycles. The molecule has 0 spiro atoms. The van der Waals surface area contributed by atoms with Crippen LogP contribution in [0, 0.1) is 0 Å². The van der Waals surface area contributed by atoms with Crippen LogP contribution in [0.25, 0.3) is 11.0 Å². The molecule has 5 nitrogen and oxygen atoms in total. The molecule has 3 rings (SSSR count). The van der Waals surface area contributed by atoms with Gasteiger partial charge in [-0.1, -0.05) is 12.1 Å². The van der Waals surface area contributed by atoms with Gasteiger partial charge in [0, 0.05) is 0 Å². The van der Waals surface area contributed by atoms with Crippen LogP contribution < -0.4 is 10.6 Å². The lowest BCUT2D eigenvalue weighted by Gasteiger charge is -2.15. The predicted octanol–water partition coefficient (Wildman–Crippen LogP) is 1.49. The lowest BCUT2D eigenvalue weighted by atomic mass is 10.2. The molecule has 5 heteroatoms. The van der Waals surface area contributed by atoms with Gasteiger partial charge in [-0.3, -0.25) is 4.79 Å². The highest BCUT2D eigenvalue weighted by Gasteiger charge is 2.24. The van der Waals surface area contributed by atoms with Crippen molar-refractivity contribution in [1.82, 2.24) is 20.6 Å². The van der Waals surface area contributed by atoms with Gasteiger partial charge in [-0.05, 0) is 38.4 Å². The normalized spacial score (nSPS) is 20.6. The third kappa shape index (κ3) is 2.46. The molecule has 19 heavy (non-hydrogen) atoms.